The van der Waals surface area contributed by atoms with Crippen LogP contribution in [0.15, 0.2) is 53.2 Å². The summed E-state index contributed by atoms with van der Waals surface area (Å²) in [5.41, 5.74) is 2.18. The predicted octanol–water partition coefficient (Wildman–Crippen LogP) is 4.47. The molecular formula is C15H12ClN3S. The van der Waals surface area contributed by atoms with Crippen molar-refractivity contribution in [2.45, 2.75) is 6.54 Å². The summed E-state index contributed by atoms with van der Waals surface area (Å²) >= 11 is 7.75. The van der Waals surface area contributed by atoms with Gasteiger partial charge in [-0.15, -0.1) is 0 Å². The van der Waals surface area contributed by atoms with Crippen molar-refractivity contribution in [2.75, 3.05) is 5.32 Å². The second-order valence-electron chi connectivity index (χ2n) is 4.25. The highest BCUT2D eigenvalue weighted by Crippen LogP contribution is 2.20. The number of rotatable bonds is 4. The lowest BCUT2D eigenvalue weighted by Gasteiger charge is -2.07. The summed E-state index contributed by atoms with van der Waals surface area (Å²) in [7, 11) is 0. The monoisotopic (exact) mass is 301 g/mol. The molecule has 0 spiro atoms. The molecule has 0 aliphatic rings. The van der Waals surface area contributed by atoms with Gasteiger partial charge in [0.1, 0.15) is 11.0 Å². The van der Waals surface area contributed by atoms with Crippen LogP contribution in [0.5, 0.6) is 0 Å². The molecule has 0 atom stereocenters. The van der Waals surface area contributed by atoms with Crippen molar-refractivity contribution in [3.8, 4) is 11.4 Å². The van der Waals surface area contributed by atoms with Crippen LogP contribution in [0, 0.1) is 0 Å². The van der Waals surface area contributed by atoms with E-state index in [2.05, 4.69) is 32.1 Å². The van der Waals surface area contributed by atoms with Gasteiger partial charge in [-0.2, -0.15) is 11.3 Å². The fourth-order valence-corrected chi connectivity index (χ4v) is 2.66. The molecule has 0 unspecified atom stereocenters. The maximum Gasteiger partial charge on any atom is 0.163 e. The lowest BCUT2D eigenvalue weighted by molar-refractivity contribution is 1.09. The largest absolute Gasteiger partial charge is 0.366 e. The first-order chi connectivity index (χ1) is 9.81. The van der Waals surface area contributed by atoms with E-state index in [0.717, 1.165) is 17.9 Å². The smallest absolute Gasteiger partial charge is 0.163 e. The van der Waals surface area contributed by atoms with Crippen LogP contribution in [0.2, 0.25) is 5.15 Å². The normalized spacial score (nSPS) is 10.4. The molecule has 1 aromatic carbocycles. The number of hydrogen-bond acceptors (Lipinski definition) is 4. The van der Waals surface area contributed by atoms with E-state index in [1.54, 1.807) is 17.4 Å². The number of hydrogen-bond donors (Lipinski definition) is 1. The highest BCUT2D eigenvalue weighted by molar-refractivity contribution is 7.07. The topological polar surface area (TPSA) is 37.8 Å². The van der Waals surface area contributed by atoms with Gasteiger partial charge in [0, 0.05) is 18.2 Å². The van der Waals surface area contributed by atoms with Gasteiger partial charge in [0.25, 0.3) is 0 Å². The van der Waals surface area contributed by atoms with Crippen LogP contribution in [0.1, 0.15) is 5.56 Å². The molecule has 1 N–H and O–H groups in total. The SMILES string of the molecule is Clc1cc(NCc2ccsc2)nc(-c2ccccc2)n1. The number of benzene rings is 1. The lowest BCUT2D eigenvalue weighted by atomic mass is 10.2. The predicted molar refractivity (Wildman–Crippen MR) is 84.1 cm³/mol. The molecule has 2 heterocycles. The highest BCUT2D eigenvalue weighted by atomic mass is 35.5. The molecule has 0 aliphatic carbocycles. The molecule has 0 amide bonds. The third-order valence-corrected chi connectivity index (χ3v) is 3.71. The molecule has 0 fully saturated rings. The zero-order valence-corrected chi connectivity index (χ0v) is 12.2. The number of thiophene rings is 1. The van der Waals surface area contributed by atoms with E-state index < -0.39 is 0 Å². The van der Waals surface area contributed by atoms with Crippen molar-refractivity contribution in [2.24, 2.45) is 0 Å². The summed E-state index contributed by atoms with van der Waals surface area (Å²) in [6.45, 7) is 0.727. The summed E-state index contributed by atoms with van der Waals surface area (Å²) in [6.07, 6.45) is 0. The fraction of sp³-hybridized carbons (Fsp3) is 0.0667. The van der Waals surface area contributed by atoms with E-state index in [1.807, 2.05) is 30.3 Å². The van der Waals surface area contributed by atoms with Crippen molar-refractivity contribution < 1.29 is 0 Å². The van der Waals surface area contributed by atoms with Gasteiger partial charge in [0.2, 0.25) is 0 Å². The molecule has 0 aliphatic heterocycles. The zero-order valence-electron chi connectivity index (χ0n) is 10.6. The van der Waals surface area contributed by atoms with Crippen LogP contribution >= 0.6 is 22.9 Å². The Balaban J connectivity index is 1.83. The minimum Gasteiger partial charge on any atom is -0.366 e. The van der Waals surface area contributed by atoms with Gasteiger partial charge in [-0.1, -0.05) is 41.9 Å². The molecule has 20 heavy (non-hydrogen) atoms. The van der Waals surface area contributed by atoms with Crippen LogP contribution in [-0.4, -0.2) is 9.97 Å². The lowest BCUT2D eigenvalue weighted by Crippen LogP contribution is -2.02. The number of halogens is 1. The summed E-state index contributed by atoms with van der Waals surface area (Å²) in [4.78, 5) is 8.77. The first-order valence-electron chi connectivity index (χ1n) is 6.16. The van der Waals surface area contributed by atoms with Gasteiger partial charge < -0.3 is 5.32 Å². The molecule has 0 saturated carbocycles. The maximum absolute atomic E-state index is 6.07. The Morgan fingerprint density at radius 1 is 1.10 bits per heavy atom. The molecule has 0 radical (unpaired) electrons. The Labute approximate surface area is 126 Å². The average molecular weight is 302 g/mol. The van der Waals surface area contributed by atoms with E-state index in [9.17, 15) is 0 Å². The summed E-state index contributed by atoms with van der Waals surface area (Å²) in [6, 6.07) is 13.6. The Kier molecular flexibility index (Phi) is 3.95. The van der Waals surface area contributed by atoms with E-state index in [-0.39, 0.29) is 0 Å². The van der Waals surface area contributed by atoms with Crippen molar-refractivity contribution in [3.05, 3.63) is 63.9 Å². The fourth-order valence-electron chi connectivity index (χ4n) is 1.81. The van der Waals surface area contributed by atoms with Crippen molar-refractivity contribution in [1.82, 2.24) is 9.97 Å². The van der Waals surface area contributed by atoms with Gasteiger partial charge in [-0.3, -0.25) is 0 Å². The molecule has 100 valence electrons. The molecule has 0 saturated heterocycles. The first-order valence-corrected chi connectivity index (χ1v) is 7.48. The molecule has 5 heteroatoms. The quantitative estimate of drug-likeness (QED) is 0.722. The van der Waals surface area contributed by atoms with Gasteiger partial charge in [0.15, 0.2) is 5.82 Å². The Morgan fingerprint density at radius 2 is 1.95 bits per heavy atom. The van der Waals surface area contributed by atoms with E-state index >= 15 is 0 Å². The first kappa shape index (κ1) is 13.1. The van der Waals surface area contributed by atoms with E-state index in [4.69, 9.17) is 11.6 Å². The maximum atomic E-state index is 6.07. The van der Waals surface area contributed by atoms with E-state index in [0.29, 0.717) is 11.0 Å². The minimum absolute atomic E-state index is 0.437. The van der Waals surface area contributed by atoms with Gasteiger partial charge in [0.05, 0.1) is 0 Å². The summed E-state index contributed by atoms with van der Waals surface area (Å²) in [5, 5.41) is 7.87. The second kappa shape index (κ2) is 6.03. The summed E-state index contributed by atoms with van der Waals surface area (Å²) < 4.78 is 0. The Hall–Kier alpha value is -1.91. The third kappa shape index (κ3) is 3.15. The number of nitrogens with zero attached hydrogens (tertiary/aromatic N) is 2. The van der Waals surface area contributed by atoms with Gasteiger partial charge in [-0.05, 0) is 22.4 Å². The van der Waals surface area contributed by atoms with E-state index in [1.165, 1.54) is 5.56 Å². The molecule has 3 aromatic rings. The van der Waals surface area contributed by atoms with Crippen LogP contribution in [-0.2, 0) is 6.54 Å². The van der Waals surface area contributed by atoms with Crippen LogP contribution in [0.25, 0.3) is 11.4 Å². The Bertz CT molecular complexity index is 684. The summed E-state index contributed by atoms with van der Waals surface area (Å²) in [5.74, 6) is 1.36. The Morgan fingerprint density at radius 3 is 2.70 bits per heavy atom. The standard InChI is InChI=1S/C15H12ClN3S/c16-13-8-14(17-9-11-6-7-20-10-11)19-15(18-13)12-4-2-1-3-5-12/h1-8,10H,9H2,(H,17,18,19). The van der Waals surface area contributed by atoms with Crippen LogP contribution in [0.3, 0.4) is 0 Å². The van der Waals surface area contributed by atoms with Crippen molar-refractivity contribution in [1.29, 1.82) is 0 Å². The highest BCUT2D eigenvalue weighted by Gasteiger charge is 2.05. The number of nitrogens with one attached hydrogen (secondary N) is 1. The number of aromatic nitrogens is 2. The minimum atomic E-state index is 0.437. The van der Waals surface area contributed by atoms with Gasteiger partial charge in [-0.25, -0.2) is 9.97 Å². The molecule has 0 bridgehead atoms. The average Bonchev–Trinajstić information content (AvgIpc) is 2.99. The van der Waals surface area contributed by atoms with Gasteiger partial charge >= 0.3 is 0 Å². The molecular weight excluding hydrogens is 290 g/mol. The van der Waals surface area contributed by atoms with Crippen LogP contribution in [0.4, 0.5) is 5.82 Å². The van der Waals surface area contributed by atoms with Crippen molar-refractivity contribution >= 4 is 28.8 Å². The third-order valence-electron chi connectivity index (χ3n) is 2.78. The van der Waals surface area contributed by atoms with Crippen molar-refractivity contribution in [3.63, 3.8) is 0 Å². The second-order valence-corrected chi connectivity index (χ2v) is 5.42. The molecule has 3 rings (SSSR count). The van der Waals surface area contributed by atoms with Crippen LogP contribution < -0.4 is 5.32 Å². The zero-order chi connectivity index (χ0) is 13.8. The molecule has 3 nitrogen and oxygen atoms in total. The molecule has 2 aromatic heterocycles. The number of anilines is 1.